The van der Waals surface area contributed by atoms with Gasteiger partial charge in [0.05, 0.1) is 22.8 Å². The summed E-state index contributed by atoms with van der Waals surface area (Å²) in [6, 6.07) is 16.4. The van der Waals surface area contributed by atoms with E-state index in [2.05, 4.69) is 28.5 Å². The van der Waals surface area contributed by atoms with Crippen molar-refractivity contribution in [1.82, 2.24) is 14.7 Å². The Kier molecular flexibility index (Phi) is 5.77. The minimum Gasteiger partial charge on any atom is -0.341 e. The minimum absolute atomic E-state index is 0.264. The lowest BCUT2D eigenvalue weighted by molar-refractivity contribution is 0.539. The summed E-state index contributed by atoms with van der Waals surface area (Å²) in [6.45, 7) is 6.09. The van der Waals surface area contributed by atoms with Crippen molar-refractivity contribution in [2.75, 3.05) is 0 Å². The first-order valence-electron chi connectivity index (χ1n) is 9.13. The van der Waals surface area contributed by atoms with E-state index in [-0.39, 0.29) is 4.90 Å². The first kappa shape index (κ1) is 19.3. The number of nitrogens with one attached hydrogen (secondary N) is 2. The highest BCUT2D eigenvalue weighted by atomic mass is 32.2. The second kappa shape index (κ2) is 8.06. The highest BCUT2D eigenvalue weighted by Gasteiger charge is 2.22. The molecule has 0 aliphatic rings. The van der Waals surface area contributed by atoms with Gasteiger partial charge in [-0.1, -0.05) is 63.2 Å². The first-order valence-corrected chi connectivity index (χ1v) is 10.6. The Morgan fingerprint density at radius 3 is 2.30 bits per heavy atom. The van der Waals surface area contributed by atoms with E-state index in [4.69, 9.17) is 0 Å². The molecule has 0 spiro atoms. The summed E-state index contributed by atoms with van der Waals surface area (Å²) < 4.78 is 28.3. The topological polar surface area (TPSA) is 74.8 Å². The van der Waals surface area contributed by atoms with Crippen LogP contribution in [0.15, 0.2) is 65.7 Å². The first-order chi connectivity index (χ1) is 12.9. The van der Waals surface area contributed by atoms with Gasteiger partial charge in [-0.2, -0.15) is 0 Å². The van der Waals surface area contributed by atoms with Crippen LogP contribution in [0.3, 0.4) is 0 Å². The van der Waals surface area contributed by atoms with Crippen LogP contribution < -0.4 is 4.72 Å². The molecule has 2 N–H and O–H groups in total. The maximum absolute atomic E-state index is 12.8. The number of rotatable bonds is 7. The molecule has 1 atom stereocenters. The zero-order chi connectivity index (χ0) is 19.4. The minimum atomic E-state index is -3.63. The standard InChI is InChI=1S/C21H25N3O2S/c1-4-19(21-22-14-20(23-21)17-8-6-5-7-9-17)24-27(25,26)18-12-10-16(11-13-18)15(2)3/h5-15,19,24H,4H2,1-3H3,(H,22,23). The van der Waals surface area contributed by atoms with Gasteiger partial charge in [-0.15, -0.1) is 0 Å². The number of hydrogen-bond donors (Lipinski definition) is 2. The molecular weight excluding hydrogens is 358 g/mol. The summed E-state index contributed by atoms with van der Waals surface area (Å²) in [4.78, 5) is 7.90. The molecule has 27 heavy (non-hydrogen) atoms. The van der Waals surface area contributed by atoms with Gasteiger partial charge in [0.15, 0.2) is 0 Å². The normalized spacial score (nSPS) is 13.0. The van der Waals surface area contributed by atoms with Crippen LogP contribution in [0.1, 0.15) is 50.5 Å². The fraction of sp³-hybridized carbons (Fsp3) is 0.286. The molecule has 0 saturated heterocycles. The molecule has 142 valence electrons. The Balaban J connectivity index is 1.81. The van der Waals surface area contributed by atoms with Crippen LogP contribution in [0.4, 0.5) is 0 Å². The van der Waals surface area contributed by atoms with Crippen molar-refractivity contribution in [3.05, 3.63) is 72.2 Å². The van der Waals surface area contributed by atoms with Gasteiger partial charge < -0.3 is 4.98 Å². The van der Waals surface area contributed by atoms with Gasteiger partial charge in [0.25, 0.3) is 0 Å². The van der Waals surface area contributed by atoms with Crippen LogP contribution in [0.2, 0.25) is 0 Å². The van der Waals surface area contributed by atoms with Crippen LogP contribution in [0, 0.1) is 0 Å². The van der Waals surface area contributed by atoms with Crippen molar-refractivity contribution in [3.63, 3.8) is 0 Å². The monoisotopic (exact) mass is 383 g/mol. The van der Waals surface area contributed by atoms with Crippen molar-refractivity contribution in [3.8, 4) is 11.3 Å². The van der Waals surface area contributed by atoms with Gasteiger partial charge in [0.2, 0.25) is 10.0 Å². The highest BCUT2D eigenvalue weighted by Crippen LogP contribution is 2.23. The van der Waals surface area contributed by atoms with Crippen molar-refractivity contribution in [2.45, 2.75) is 44.0 Å². The van der Waals surface area contributed by atoms with E-state index in [1.165, 1.54) is 0 Å². The molecule has 0 radical (unpaired) electrons. The molecule has 2 aromatic carbocycles. The molecule has 3 aromatic rings. The summed E-state index contributed by atoms with van der Waals surface area (Å²) in [7, 11) is -3.63. The van der Waals surface area contributed by atoms with Crippen LogP contribution in [-0.4, -0.2) is 18.4 Å². The Labute approximate surface area is 160 Å². The van der Waals surface area contributed by atoms with Gasteiger partial charge in [0.1, 0.15) is 5.82 Å². The predicted molar refractivity (Wildman–Crippen MR) is 108 cm³/mol. The smallest absolute Gasteiger partial charge is 0.241 e. The number of sulfonamides is 1. The molecule has 1 aromatic heterocycles. The molecule has 0 saturated carbocycles. The number of benzene rings is 2. The molecule has 0 aliphatic heterocycles. The number of aromatic amines is 1. The highest BCUT2D eigenvalue weighted by molar-refractivity contribution is 7.89. The maximum Gasteiger partial charge on any atom is 0.241 e. The molecule has 1 unspecified atom stereocenters. The van der Waals surface area contributed by atoms with E-state index < -0.39 is 16.1 Å². The molecule has 0 amide bonds. The predicted octanol–water partition coefficient (Wildman–Crippen LogP) is 4.63. The number of imidazole rings is 1. The third-order valence-corrected chi connectivity index (χ3v) is 6.06. The summed E-state index contributed by atoms with van der Waals surface area (Å²) in [5.41, 5.74) is 2.99. The fourth-order valence-corrected chi connectivity index (χ4v) is 4.18. The van der Waals surface area contributed by atoms with Crippen molar-refractivity contribution in [2.24, 2.45) is 0 Å². The second-order valence-electron chi connectivity index (χ2n) is 6.85. The Morgan fingerprint density at radius 2 is 1.70 bits per heavy atom. The van der Waals surface area contributed by atoms with Gasteiger partial charge in [-0.25, -0.2) is 18.1 Å². The van der Waals surface area contributed by atoms with Crippen LogP contribution in [0.25, 0.3) is 11.3 Å². The fourth-order valence-electron chi connectivity index (χ4n) is 2.90. The molecule has 0 aliphatic carbocycles. The maximum atomic E-state index is 12.8. The van der Waals surface area contributed by atoms with Crippen molar-refractivity contribution in [1.29, 1.82) is 0 Å². The number of aromatic nitrogens is 2. The SMILES string of the molecule is CCC(NS(=O)(=O)c1ccc(C(C)C)cc1)c1ncc(-c2ccccc2)[nH]1. The van der Waals surface area contributed by atoms with E-state index in [1.54, 1.807) is 18.3 Å². The lowest BCUT2D eigenvalue weighted by Crippen LogP contribution is -2.29. The quantitative estimate of drug-likeness (QED) is 0.625. The van der Waals surface area contributed by atoms with Crippen molar-refractivity contribution < 1.29 is 8.42 Å². The average Bonchev–Trinajstić information content (AvgIpc) is 3.17. The number of nitrogens with zero attached hydrogens (tertiary/aromatic N) is 1. The van der Waals surface area contributed by atoms with E-state index in [0.29, 0.717) is 18.2 Å². The lowest BCUT2D eigenvalue weighted by atomic mass is 10.0. The van der Waals surface area contributed by atoms with E-state index >= 15 is 0 Å². The van der Waals surface area contributed by atoms with Crippen LogP contribution >= 0.6 is 0 Å². The summed E-state index contributed by atoms with van der Waals surface area (Å²) in [5.74, 6) is 0.969. The molecule has 0 fully saturated rings. The Bertz CT molecular complexity index is 978. The molecule has 1 heterocycles. The third-order valence-electron chi connectivity index (χ3n) is 4.57. The van der Waals surface area contributed by atoms with Crippen LogP contribution in [-0.2, 0) is 10.0 Å². The second-order valence-corrected chi connectivity index (χ2v) is 8.57. The lowest BCUT2D eigenvalue weighted by Gasteiger charge is -2.15. The van der Waals surface area contributed by atoms with Gasteiger partial charge in [-0.05, 0) is 35.6 Å². The van der Waals surface area contributed by atoms with E-state index in [0.717, 1.165) is 16.8 Å². The van der Waals surface area contributed by atoms with E-state index in [1.807, 2.05) is 49.4 Å². The Hall–Kier alpha value is -2.44. The average molecular weight is 384 g/mol. The molecular formula is C21H25N3O2S. The summed E-state index contributed by atoms with van der Waals surface area (Å²) >= 11 is 0. The van der Waals surface area contributed by atoms with Gasteiger partial charge in [0, 0.05) is 0 Å². The summed E-state index contributed by atoms with van der Waals surface area (Å²) in [5, 5.41) is 0. The Morgan fingerprint density at radius 1 is 1.04 bits per heavy atom. The number of hydrogen-bond acceptors (Lipinski definition) is 3. The van der Waals surface area contributed by atoms with E-state index in [9.17, 15) is 8.42 Å². The van der Waals surface area contributed by atoms with Crippen molar-refractivity contribution >= 4 is 10.0 Å². The zero-order valence-corrected chi connectivity index (χ0v) is 16.6. The largest absolute Gasteiger partial charge is 0.341 e. The zero-order valence-electron chi connectivity index (χ0n) is 15.8. The number of H-pyrrole nitrogens is 1. The van der Waals surface area contributed by atoms with Crippen LogP contribution in [0.5, 0.6) is 0 Å². The van der Waals surface area contributed by atoms with Gasteiger partial charge in [-0.3, -0.25) is 0 Å². The summed E-state index contributed by atoms with van der Waals surface area (Å²) in [6.07, 6.45) is 2.32. The molecule has 6 heteroatoms. The molecule has 3 rings (SSSR count). The molecule has 5 nitrogen and oxygen atoms in total. The third kappa shape index (κ3) is 4.46. The van der Waals surface area contributed by atoms with Gasteiger partial charge >= 0.3 is 0 Å². The molecule has 0 bridgehead atoms.